The maximum absolute atomic E-state index is 2.53. The molecule has 240 valence electrons. The molecular formula is C49H39N. The van der Waals surface area contributed by atoms with Crippen molar-refractivity contribution in [3.05, 3.63) is 187 Å². The second kappa shape index (κ2) is 12.2. The Morgan fingerprint density at radius 1 is 0.420 bits per heavy atom. The first-order valence-corrected chi connectivity index (χ1v) is 17.9. The molecule has 50 heavy (non-hydrogen) atoms. The predicted octanol–water partition coefficient (Wildman–Crippen LogP) is 13.9. The van der Waals surface area contributed by atoms with Gasteiger partial charge >= 0.3 is 0 Å². The standard InChI is InChI=1S/C49H39N/c1-3-49(4-2)45-25-15-14-24-44(45)47-46(49)33-38-20-10-11-23-43(38)48(47)50(40-31-26-34-16-8-9-19-37(34)32-40)39-29-27-36(28-30-39)42-22-13-12-21-41(42)35-17-6-5-7-18-35/h5-33H,3-4H2,1-2H3. The number of nitrogens with zero attached hydrogens (tertiary/aromatic N) is 1. The molecule has 9 rings (SSSR count). The Morgan fingerprint density at radius 3 is 1.70 bits per heavy atom. The Kier molecular flexibility index (Phi) is 7.36. The Hall–Kier alpha value is -5.92. The summed E-state index contributed by atoms with van der Waals surface area (Å²) in [6.07, 6.45) is 2.10. The van der Waals surface area contributed by atoms with Crippen molar-refractivity contribution in [1.29, 1.82) is 0 Å². The lowest BCUT2D eigenvalue weighted by molar-refractivity contribution is 0.491. The van der Waals surface area contributed by atoms with E-state index in [-0.39, 0.29) is 5.41 Å². The zero-order valence-corrected chi connectivity index (χ0v) is 28.6. The van der Waals surface area contributed by atoms with Crippen molar-refractivity contribution in [1.82, 2.24) is 0 Å². The van der Waals surface area contributed by atoms with Crippen LogP contribution in [0.25, 0.3) is 54.9 Å². The molecule has 1 aliphatic carbocycles. The molecule has 0 saturated carbocycles. The highest BCUT2D eigenvalue weighted by molar-refractivity contribution is 6.10. The Bertz CT molecular complexity index is 2500. The SMILES string of the molecule is CCC1(CC)c2ccccc2-c2c1cc1ccccc1c2N(c1ccc(-c2ccccc2-c2ccccc2)cc1)c1ccc2ccccc2c1. The van der Waals surface area contributed by atoms with Gasteiger partial charge in [-0.15, -0.1) is 0 Å². The van der Waals surface area contributed by atoms with Gasteiger partial charge in [-0.2, -0.15) is 0 Å². The van der Waals surface area contributed by atoms with Gasteiger partial charge in [0.25, 0.3) is 0 Å². The third-order valence-electron chi connectivity index (χ3n) is 11.1. The van der Waals surface area contributed by atoms with E-state index in [4.69, 9.17) is 0 Å². The monoisotopic (exact) mass is 641 g/mol. The summed E-state index contributed by atoms with van der Waals surface area (Å²) in [6.45, 7) is 4.72. The van der Waals surface area contributed by atoms with Crippen LogP contribution < -0.4 is 4.90 Å². The molecule has 8 aromatic rings. The molecule has 0 spiro atoms. The maximum Gasteiger partial charge on any atom is 0.0621 e. The molecule has 1 heteroatoms. The Labute approximate surface area is 295 Å². The molecule has 1 nitrogen and oxygen atoms in total. The van der Waals surface area contributed by atoms with E-state index in [2.05, 4.69) is 195 Å². The van der Waals surface area contributed by atoms with Crippen LogP contribution in [-0.4, -0.2) is 0 Å². The third kappa shape index (κ3) is 4.69. The number of hydrogen-bond donors (Lipinski definition) is 0. The van der Waals surface area contributed by atoms with Gasteiger partial charge < -0.3 is 4.90 Å². The van der Waals surface area contributed by atoms with Gasteiger partial charge in [0.05, 0.1) is 5.69 Å². The Morgan fingerprint density at radius 2 is 0.980 bits per heavy atom. The van der Waals surface area contributed by atoms with E-state index in [0.29, 0.717) is 0 Å². The average molecular weight is 642 g/mol. The first-order chi connectivity index (χ1) is 24.7. The van der Waals surface area contributed by atoms with Crippen LogP contribution >= 0.6 is 0 Å². The molecule has 0 heterocycles. The fraction of sp³-hybridized carbons (Fsp3) is 0.102. The topological polar surface area (TPSA) is 3.24 Å². The lowest BCUT2D eigenvalue weighted by atomic mass is 9.73. The van der Waals surface area contributed by atoms with Gasteiger partial charge in [0.1, 0.15) is 0 Å². The maximum atomic E-state index is 2.53. The summed E-state index contributed by atoms with van der Waals surface area (Å²) in [5.41, 5.74) is 14.0. The highest BCUT2D eigenvalue weighted by Gasteiger charge is 2.43. The minimum Gasteiger partial charge on any atom is -0.309 e. The van der Waals surface area contributed by atoms with Crippen molar-refractivity contribution in [2.75, 3.05) is 4.90 Å². The summed E-state index contributed by atoms with van der Waals surface area (Å²) >= 11 is 0. The van der Waals surface area contributed by atoms with Crippen molar-refractivity contribution >= 4 is 38.6 Å². The van der Waals surface area contributed by atoms with Crippen molar-refractivity contribution in [3.63, 3.8) is 0 Å². The van der Waals surface area contributed by atoms with E-state index in [1.807, 2.05) is 0 Å². The van der Waals surface area contributed by atoms with Crippen molar-refractivity contribution in [3.8, 4) is 33.4 Å². The molecule has 0 saturated heterocycles. The molecule has 0 aromatic heterocycles. The van der Waals surface area contributed by atoms with Crippen LogP contribution in [0.2, 0.25) is 0 Å². The van der Waals surface area contributed by atoms with Gasteiger partial charge in [0, 0.05) is 27.7 Å². The second-order valence-corrected chi connectivity index (χ2v) is 13.5. The zero-order valence-electron chi connectivity index (χ0n) is 28.6. The minimum atomic E-state index is -0.0369. The molecule has 0 atom stereocenters. The second-order valence-electron chi connectivity index (χ2n) is 13.5. The number of hydrogen-bond acceptors (Lipinski definition) is 1. The fourth-order valence-corrected chi connectivity index (χ4v) is 8.60. The van der Waals surface area contributed by atoms with Gasteiger partial charge in [-0.25, -0.2) is 0 Å². The summed E-state index contributed by atoms with van der Waals surface area (Å²) in [7, 11) is 0. The molecule has 8 aromatic carbocycles. The summed E-state index contributed by atoms with van der Waals surface area (Å²) in [5, 5.41) is 5.01. The van der Waals surface area contributed by atoms with Crippen LogP contribution in [0, 0.1) is 0 Å². The fourth-order valence-electron chi connectivity index (χ4n) is 8.60. The van der Waals surface area contributed by atoms with E-state index < -0.39 is 0 Å². The first kappa shape index (κ1) is 30.2. The molecule has 0 fully saturated rings. The van der Waals surface area contributed by atoms with Gasteiger partial charge in [-0.3, -0.25) is 0 Å². The van der Waals surface area contributed by atoms with Gasteiger partial charge in [0.2, 0.25) is 0 Å². The van der Waals surface area contributed by atoms with Crippen molar-refractivity contribution in [2.24, 2.45) is 0 Å². The van der Waals surface area contributed by atoms with Crippen LogP contribution in [0.4, 0.5) is 17.1 Å². The smallest absolute Gasteiger partial charge is 0.0621 e. The van der Waals surface area contributed by atoms with E-state index in [1.54, 1.807) is 0 Å². The van der Waals surface area contributed by atoms with Gasteiger partial charge in [-0.1, -0.05) is 159 Å². The summed E-state index contributed by atoms with van der Waals surface area (Å²) < 4.78 is 0. The van der Waals surface area contributed by atoms with E-state index in [0.717, 1.165) is 24.2 Å². The van der Waals surface area contributed by atoms with Crippen LogP contribution in [-0.2, 0) is 5.41 Å². The quantitative estimate of drug-likeness (QED) is 0.167. The minimum absolute atomic E-state index is 0.0369. The number of benzene rings is 8. The largest absolute Gasteiger partial charge is 0.309 e. The molecule has 0 bridgehead atoms. The lowest BCUT2D eigenvalue weighted by Gasteiger charge is -2.32. The van der Waals surface area contributed by atoms with E-state index >= 15 is 0 Å². The predicted molar refractivity (Wildman–Crippen MR) is 214 cm³/mol. The molecule has 0 radical (unpaired) electrons. The Balaban J connectivity index is 1.32. The number of anilines is 3. The summed E-state index contributed by atoms with van der Waals surface area (Å²) in [4.78, 5) is 2.53. The molecule has 1 aliphatic rings. The zero-order chi connectivity index (χ0) is 33.7. The number of fused-ring (bicyclic) bond motifs is 5. The normalized spacial score (nSPS) is 12.9. The van der Waals surface area contributed by atoms with Crippen molar-refractivity contribution in [2.45, 2.75) is 32.1 Å². The van der Waals surface area contributed by atoms with Crippen LogP contribution in [0.1, 0.15) is 37.8 Å². The van der Waals surface area contributed by atoms with E-state index in [9.17, 15) is 0 Å². The highest BCUT2D eigenvalue weighted by Crippen LogP contribution is 2.59. The summed E-state index contributed by atoms with van der Waals surface area (Å²) in [5.74, 6) is 0. The van der Waals surface area contributed by atoms with Crippen LogP contribution in [0.15, 0.2) is 176 Å². The molecule has 0 N–H and O–H groups in total. The third-order valence-corrected chi connectivity index (χ3v) is 11.1. The molecule has 0 unspecified atom stereocenters. The van der Waals surface area contributed by atoms with E-state index in [1.165, 1.54) is 71.7 Å². The van der Waals surface area contributed by atoms with Gasteiger partial charge in [-0.05, 0) is 98.3 Å². The molecule has 0 aliphatic heterocycles. The molecule has 0 amide bonds. The van der Waals surface area contributed by atoms with Gasteiger partial charge in [0.15, 0.2) is 0 Å². The van der Waals surface area contributed by atoms with Crippen molar-refractivity contribution < 1.29 is 0 Å². The number of rotatable bonds is 7. The lowest BCUT2D eigenvalue weighted by Crippen LogP contribution is -2.23. The average Bonchev–Trinajstić information content (AvgIpc) is 3.47. The highest BCUT2D eigenvalue weighted by atomic mass is 15.1. The summed E-state index contributed by atoms with van der Waals surface area (Å²) in [6, 6.07) is 64.9. The molecular weight excluding hydrogens is 603 g/mol. The van der Waals surface area contributed by atoms with Crippen LogP contribution in [0.5, 0.6) is 0 Å². The van der Waals surface area contributed by atoms with Crippen LogP contribution in [0.3, 0.4) is 0 Å². The first-order valence-electron chi connectivity index (χ1n) is 17.9.